The molecule has 12 rings (SSSR count). The minimum absolute atomic E-state index is 0.0170. The average molecular weight is 1060 g/mol. The largest absolute Gasteiger partial charge is 0.458 e. The standard InChI is InChI=1S/C71H66N8O2/c1-3-5-7-15-41-71(42-16-8-6-4-2)65-47-51(61-34-33-59(67(72)68(61)76-75-53-37-43-73-44-38-53)49-21-27-57(28-22-49)80-55-17-11-9-12-18-55)25-31-63(65)64-32-26-52(48-66(64)71)62-36-35-60(69-70(62)78-79(77-69)54-39-45-74-46-40-54)50-23-29-58(30-24-50)81-56-19-13-10-14-20-56/h9-14,17-21,23-40,43-49,72H,3-8,15-16,22,41-42H2,1-2H3,(H,73,75). The van der Waals surface area contributed by atoms with E-state index < -0.39 is 0 Å². The van der Waals surface area contributed by atoms with Gasteiger partial charge in [0.1, 0.15) is 39.8 Å². The Kier molecular flexibility index (Phi) is 15.5. The molecule has 3 aliphatic rings. The van der Waals surface area contributed by atoms with Crippen LogP contribution >= 0.6 is 0 Å². The van der Waals surface area contributed by atoms with Crippen LogP contribution in [0.2, 0.25) is 0 Å². The number of rotatable bonds is 21. The third-order valence-electron chi connectivity index (χ3n) is 16.1. The zero-order valence-corrected chi connectivity index (χ0v) is 46.1. The molecule has 0 saturated carbocycles. The number of aromatic nitrogens is 5. The molecule has 0 fully saturated rings. The van der Waals surface area contributed by atoms with Crippen LogP contribution in [0.15, 0.2) is 229 Å². The minimum atomic E-state index is -0.259. The highest BCUT2D eigenvalue weighted by Crippen LogP contribution is 2.56. The number of fused-ring (bicyclic) bond motifs is 4. The summed E-state index contributed by atoms with van der Waals surface area (Å²) in [7, 11) is 0. The van der Waals surface area contributed by atoms with Crippen LogP contribution in [0, 0.1) is 11.3 Å². The van der Waals surface area contributed by atoms with Crippen molar-refractivity contribution in [1.29, 1.82) is 5.41 Å². The number of anilines is 1. The number of hydrogen-bond donors (Lipinski definition) is 2. The third kappa shape index (κ3) is 11.1. The number of nitrogens with one attached hydrogen (secondary N) is 2. The maximum atomic E-state index is 9.94. The van der Waals surface area contributed by atoms with Gasteiger partial charge in [-0.2, -0.15) is 9.90 Å². The highest BCUT2D eigenvalue weighted by atomic mass is 16.5. The summed E-state index contributed by atoms with van der Waals surface area (Å²) in [5.74, 6) is 3.14. The van der Waals surface area contributed by atoms with Gasteiger partial charge in [-0.3, -0.25) is 20.8 Å². The maximum absolute atomic E-state index is 9.94. The van der Waals surface area contributed by atoms with Gasteiger partial charge in [0.2, 0.25) is 0 Å². The molecule has 6 aromatic carbocycles. The number of allylic oxidation sites excluding steroid dienone is 7. The van der Waals surface area contributed by atoms with Crippen molar-refractivity contribution in [3.05, 3.63) is 241 Å². The van der Waals surface area contributed by atoms with Gasteiger partial charge in [0.25, 0.3) is 0 Å². The van der Waals surface area contributed by atoms with E-state index in [1.165, 1.54) is 60.8 Å². The van der Waals surface area contributed by atoms with Crippen LogP contribution in [0.1, 0.15) is 101 Å². The van der Waals surface area contributed by atoms with Crippen LogP contribution in [0.25, 0.3) is 55.7 Å². The molecule has 3 aromatic heterocycles. The van der Waals surface area contributed by atoms with Gasteiger partial charge in [-0.05, 0) is 149 Å². The van der Waals surface area contributed by atoms with Crippen LogP contribution in [-0.2, 0) is 5.41 Å². The first-order valence-electron chi connectivity index (χ1n) is 28.8. The molecule has 2 N–H and O–H groups in total. The molecule has 0 radical (unpaired) electrons. The predicted molar refractivity (Wildman–Crippen MR) is 329 cm³/mol. The Balaban J connectivity index is 0.950. The van der Waals surface area contributed by atoms with Gasteiger partial charge in [-0.15, -0.1) is 10.2 Å². The number of ether oxygens (including phenoxy) is 2. The van der Waals surface area contributed by atoms with Gasteiger partial charge >= 0.3 is 0 Å². The van der Waals surface area contributed by atoms with Crippen molar-refractivity contribution < 1.29 is 9.47 Å². The van der Waals surface area contributed by atoms with Crippen LogP contribution in [0.5, 0.6) is 17.2 Å². The molecule has 3 heterocycles. The fourth-order valence-corrected chi connectivity index (χ4v) is 11.9. The Morgan fingerprint density at radius 2 is 1.14 bits per heavy atom. The van der Waals surface area contributed by atoms with Crippen molar-refractivity contribution in [3.63, 3.8) is 0 Å². The highest BCUT2D eigenvalue weighted by molar-refractivity contribution is 6.62. The van der Waals surface area contributed by atoms with Gasteiger partial charge in [0, 0.05) is 52.8 Å². The number of hydrogen-bond acceptors (Lipinski definition) is 9. The number of hydrazone groups is 1. The third-order valence-corrected chi connectivity index (χ3v) is 16.1. The first kappa shape index (κ1) is 52.4. The number of para-hydroxylation sites is 2. The van der Waals surface area contributed by atoms with Crippen LogP contribution in [0.3, 0.4) is 0 Å². The molecule has 10 heteroatoms. The Bertz CT molecular complexity index is 3850. The quantitative estimate of drug-likeness (QED) is 0.0417. The molecule has 0 aliphatic heterocycles. The van der Waals surface area contributed by atoms with Crippen molar-refractivity contribution in [2.75, 3.05) is 5.43 Å². The molecule has 3 aliphatic carbocycles. The van der Waals surface area contributed by atoms with Gasteiger partial charge < -0.3 is 9.47 Å². The lowest BCUT2D eigenvalue weighted by Crippen LogP contribution is -2.27. The number of benzene rings is 6. The molecule has 10 nitrogen and oxygen atoms in total. The SMILES string of the molecule is CCCCCCC1(CCCCCC)c2cc(C3=CC=C(C4C=CC(Oc5ccccc5)=CC4)C(=N)C3=NNc3ccncc3)ccc2-c2ccc(-c3ccc(-c4ccc(Oc5ccccc5)cc4)c4nn(-c5ccncc5)nc34)cc21. The minimum Gasteiger partial charge on any atom is -0.458 e. The Morgan fingerprint density at radius 3 is 1.75 bits per heavy atom. The van der Waals surface area contributed by atoms with Crippen molar-refractivity contribution in [2.45, 2.75) is 89.9 Å². The Labute approximate surface area is 474 Å². The lowest BCUT2D eigenvalue weighted by molar-refractivity contribution is 0.401. The van der Waals surface area contributed by atoms with Crippen molar-refractivity contribution >= 4 is 33.7 Å². The van der Waals surface area contributed by atoms with E-state index in [0.29, 0.717) is 17.8 Å². The summed E-state index contributed by atoms with van der Waals surface area (Å²) in [6.45, 7) is 4.59. The highest BCUT2D eigenvalue weighted by Gasteiger charge is 2.43. The second-order valence-electron chi connectivity index (χ2n) is 21.3. The van der Waals surface area contributed by atoms with Crippen molar-refractivity contribution in [2.24, 2.45) is 11.0 Å². The number of pyridine rings is 2. The van der Waals surface area contributed by atoms with E-state index in [9.17, 15) is 5.41 Å². The fourth-order valence-electron chi connectivity index (χ4n) is 11.9. The molecule has 9 aromatic rings. The summed E-state index contributed by atoms with van der Waals surface area (Å²) in [6.07, 6.45) is 29.8. The topological polar surface area (TPSA) is 123 Å². The second kappa shape index (κ2) is 24.0. The molecular formula is C71H66N8O2. The van der Waals surface area contributed by atoms with Crippen LogP contribution in [-0.4, -0.2) is 36.4 Å². The smallest absolute Gasteiger partial charge is 0.127 e. The van der Waals surface area contributed by atoms with Gasteiger partial charge in [0.05, 0.1) is 17.1 Å². The first-order chi connectivity index (χ1) is 40.0. The molecule has 0 amide bonds. The van der Waals surface area contributed by atoms with Crippen LogP contribution in [0.4, 0.5) is 5.69 Å². The summed E-state index contributed by atoms with van der Waals surface area (Å²) in [6, 6.07) is 54.2. The van der Waals surface area contributed by atoms with E-state index in [4.69, 9.17) is 24.8 Å². The zero-order valence-electron chi connectivity index (χ0n) is 46.1. The summed E-state index contributed by atoms with van der Waals surface area (Å²) < 4.78 is 12.4. The van der Waals surface area contributed by atoms with Crippen molar-refractivity contribution in [3.8, 4) is 56.3 Å². The van der Waals surface area contributed by atoms with Gasteiger partial charge in [-0.25, -0.2) is 0 Å². The van der Waals surface area contributed by atoms with E-state index in [1.807, 2.05) is 103 Å². The van der Waals surface area contributed by atoms with E-state index in [0.717, 1.165) is 110 Å². The summed E-state index contributed by atoms with van der Waals surface area (Å²) in [5.41, 5.74) is 19.7. The van der Waals surface area contributed by atoms with E-state index >= 15 is 0 Å². The summed E-state index contributed by atoms with van der Waals surface area (Å²) >= 11 is 0. The van der Waals surface area contributed by atoms with Crippen LogP contribution < -0.4 is 14.9 Å². The Hall–Kier alpha value is -9.28. The first-order valence-corrected chi connectivity index (χ1v) is 28.8. The fraction of sp³-hybridized carbons (Fsp3) is 0.211. The predicted octanol–water partition coefficient (Wildman–Crippen LogP) is 17.9. The molecule has 1 atom stereocenters. The molecule has 0 saturated heterocycles. The lowest BCUT2D eigenvalue weighted by atomic mass is 9.69. The zero-order chi connectivity index (χ0) is 55.0. The second-order valence-corrected chi connectivity index (χ2v) is 21.3. The number of unbranched alkanes of at least 4 members (excludes halogenated alkanes) is 6. The molecule has 0 spiro atoms. The molecule has 0 bridgehead atoms. The summed E-state index contributed by atoms with van der Waals surface area (Å²) in [5, 5.41) is 25.5. The van der Waals surface area contributed by atoms with Crippen molar-refractivity contribution in [1.82, 2.24) is 25.0 Å². The molecule has 81 heavy (non-hydrogen) atoms. The normalized spacial score (nSPS) is 15.7. The van der Waals surface area contributed by atoms with Gasteiger partial charge in [0.15, 0.2) is 0 Å². The van der Waals surface area contributed by atoms with Gasteiger partial charge in [-0.1, -0.05) is 168 Å². The monoisotopic (exact) mass is 1060 g/mol. The Morgan fingerprint density at radius 1 is 0.580 bits per heavy atom. The van der Waals surface area contributed by atoms with E-state index in [2.05, 4.69) is 114 Å². The van der Waals surface area contributed by atoms with E-state index in [-0.39, 0.29) is 11.3 Å². The molecule has 402 valence electrons. The lowest BCUT2D eigenvalue weighted by Gasteiger charge is -2.34. The molecular weight excluding hydrogens is 997 g/mol. The average Bonchev–Trinajstić information content (AvgIpc) is 4.31. The number of nitrogens with zero attached hydrogens (tertiary/aromatic N) is 6. The summed E-state index contributed by atoms with van der Waals surface area (Å²) in [4.78, 5) is 10.3. The molecule has 1 unspecified atom stereocenters. The maximum Gasteiger partial charge on any atom is 0.127 e. The van der Waals surface area contributed by atoms with E-state index in [1.54, 1.807) is 29.6 Å².